The minimum absolute atomic E-state index is 0.192. The molecular weight excluding hydrogens is 386 g/mol. The van der Waals surface area contributed by atoms with Gasteiger partial charge in [-0.1, -0.05) is 0 Å². The van der Waals surface area contributed by atoms with Gasteiger partial charge in [0.15, 0.2) is 0 Å². The zero-order valence-corrected chi connectivity index (χ0v) is 17.3. The van der Waals surface area contributed by atoms with E-state index in [2.05, 4.69) is 25.9 Å². The van der Waals surface area contributed by atoms with E-state index in [4.69, 9.17) is 0 Å². The molecule has 1 aromatic carbocycles. The summed E-state index contributed by atoms with van der Waals surface area (Å²) < 4.78 is 1.11. The average Bonchev–Trinajstić information content (AvgIpc) is 3.34. The van der Waals surface area contributed by atoms with E-state index in [1.165, 1.54) is 0 Å². The van der Waals surface area contributed by atoms with Gasteiger partial charge < -0.3 is 21.1 Å². The number of fused-ring (bicyclic) bond motifs is 1. The van der Waals surface area contributed by atoms with Crippen LogP contribution in [-0.2, 0) is 0 Å². The van der Waals surface area contributed by atoms with E-state index in [1.54, 1.807) is 31.4 Å². The molecule has 2 heterocycles. The van der Waals surface area contributed by atoms with Crippen molar-refractivity contribution in [2.24, 2.45) is 0 Å². The van der Waals surface area contributed by atoms with E-state index in [1.807, 2.05) is 29.8 Å². The molecule has 1 amide bonds. The summed E-state index contributed by atoms with van der Waals surface area (Å²) in [4.78, 5) is 21.4. The van der Waals surface area contributed by atoms with Crippen molar-refractivity contribution in [2.75, 3.05) is 17.2 Å². The largest absolute Gasteiger partial charge is 0.390 e. The maximum absolute atomic E-state index is 12.6. The minimum atomic E-state index is -0.812. The first-order valence-electron chi connectivity index (χ1n) is 9.75. The summed E-state index contributed by atoms with van der Waals surface area (Å²) in [6, 6.07) is 8.26. The van der Waals surface area contributed by atoms with Crippen LogP contribution in [0.15, 0.2) is 36.0 Å². The number of thiazole rings is 1. The number of anilines is 3. The highest BCUT2D eigenvalue weighted by Crippen LogP contribution is 2.29. The van der Waals surface area contributed by atoms with Gasteiger partial charge in [-0.05, 0) is 51.3 Å². The first-order chi connectivity index (χ1) is 13.9. The number of pyridine rings is 1. The third kappa shape index (κ3) is 5.21. The maximum atomic E-state index is 12.6. The highest BCUT2D eigenvalue weighted by Gasteiger charge is 2.24. The lowest BCUT2D eigenvalue weighted by molar-refractivity contribution is 0.0693. The molecule has 1 saturated carbocycles. The third-order valence-corrected chi connectivity index (χ3v) is 5.50. The number of carbonyl (C=O) groups excluding carboxylic acids is 1. The normalized spacial score (nSPS) is 14.0. The van der Waals surface area contributed by atoms with Crippen molar-refractivity contribution >= 4 is 44.7 Å². The number of hydrogen-bond acceptors (Lipinski definition) is 7. The van der Waals surface area contributed by atoms with Crippen molar-refractivity contribution in [2.45, 2.75) is 44.8 Å². The van der Waals surface area contributed by atoms with Crippen LogP contribution in [0, 0.1) is 0 Å². The van der Waals surface area contributed by atoms with Crippen molar-refractivity contribution in [3.63, 3.8) is 0 Å². The van der Waals surface area contributed by atoms with Crippen LogP contribution in [0.3, 0.4) is 0 Å². The van der Waals surface area contributed by atoms with Gasteiger partial charge in [-0.3, -0.25) is 4.79 Å². The molecule has 1 fully saturated rings. The summed E-state index contributed by atoms with van der Waals surface area (Å²) in [5.74, 6) is 0.479. The zero-order chi connectivity index (χ0) is 20.4. The van der Waals surface area contributed by atoms with E-state index in [0.717, 1.165) is 34.4 Å². The van der Waals surface area contributed by atoms with Crippen LogP contribution >= 0.6 is 11.3 Å². The Hall–Kier alpha value is -2.71. The molecule has 3 aromatic rings. The first-order valence-corrected chi connectivity index (χ1v) is 10.6. The first kappa shape index (κ1) is 19.6. The fourth-order valence-corrected chi connectivity index (χ4v) is 3.65. The Morgan fingerprint density at radius 2 is 2.10 bits per heavy atom. The Labute approximate surface area is 173 Å². The highest BCUT2D eigenvalue weighted by molar-refractivity contribution is 7.16. The number of carbonyl (C=O) groups is 1. The molecule has 0 aliphatic heterocycles. The molecule has 1 aliphatic rings. The Bertz CT molecular complexity index is 1020. The molecule has 0 atom stereocenters. The second-order valence-corrected chi connectivity index (χ2v) is 8.90. The van der Waals surface area contributed by atoms with E-state index in [-0.39, 0.29) is 5.91 Å². The van der Waals surface area contributed by atoms with Gasteiger partial charge in [-0.15, -0.1) is 11.3 Å². The molecule has 0 saturated heterocycles. The summed E-state index contributed by atoms with van der Waals surface area (Å²) in [7, 11) is 0. The predicted molar refractivity (Wildman–Crippen MR) is 117 cm³/mol. The summed E-state index contributed by atoms with van der Waals surface area (Å²) in [6.07, 6.45) is 4.29. The van der Waals surface area contributed by atoms with Crippen molar-refractivity contribution in [1.29, 1.82) is 0 Å². The van der Waals surface area contributed by atoms with Crippen LogP contribution in [0.4, 0.5) is 17.2 Å². The molecule has 4 N–H and O–H groups in total. The van der Waals surface area contributed by atoms with Crippen LogP contribution < -0.4 is 16.0 Å². The molecule has 0 spiro atoms. The van der Waals surface area contributed by atoms with Gasteiger partial charge in [0.2, 0.25) is 0 Å². The van der Waals surface area contributed by atoms with Crippen molar-refractivity contribution in [3.05, 3.63) is 41.5 Å². The number of benzene rings is 1. The van der Waals surface area contributed by atoms with Crippen LogP contribution in [-0.4, -0.2) is 39.2 Å². The minimum Gasteiger partial charge on any atom is -0.390 e. The standard InChI is InChI=1S/C21H25N5O2S/c1-21(2,28)7-8-22-20(27)15-11-23-19(10-17(15)25-13-3-4-13)26-14-5-6-16-18(9-14)29-12-24-16/h5-6,9-13,28H,3-4,7-8H2,1-2H3,(H,22,27)(H2,23,25,26). The fraction of sp³-hybridized carbons (Fsp3) is 0.381. The summed E-state index contributed by atoms with van der Waals surface area (Å²) >= 11 is 1.59. The lowest BCUT2D eigenvalue weighted by Gasteiger charge is -2.18. The van der Waals surface area contributed by atoms with Crippen LogP contribution in [0.2, 0.25) is 0 Å². The van der Waals surface area contributed by atoms with E-state index in [9.17, 15) is 9.90 Å². The summed E-state index contributed by atoms with van der Waals surface area (Å²) in [5.41, 5.74) is 4.20. The molecular formula is C21H25N5O2S. The number of amides is 1. The number of aliphatic hydroxyl groups is 1. The Morgan fingerprint density at radius 3 is 2.86 bits per heavy atom. The summed E-state index contributed by atoms with van der Waals surface area (Å²) in [6.45, 7) is 3.86. The van der Waals surface area contributed by atoms with Gasteiger partial charge in [0.25, 0.3) is 5.91 Å². The Kier molecular flexibility index (Phi) is 5.38. The molecule has 29 heavy (non-hydrogen) atoms. The molecule has 4 rings (SSSR count). The molecule has 0 radical (unpaired) electrons. The van der Waals surface area contributed by atoms with Gasteiger partial charge >= 0.3 is 0 Å². The van der Waals surface area contributed by atoms with Crippen molar-refractivity contribution < 1.29 is 9.90 Å². The van der Waals surface area contributed by atoms with Gasteiger partial charge in [0.1, 0.15) is 5.82 Å². The molecule has 152 valence electrons. The third-order valence-electron chi connectivity index (χ3n) is 4.71. The number of hydrogen-bond donors (Lipinski definition) is 4. The Morgan fingerprint density at radius 1 is 1.28 bits per heavy atom. The SMILES string of the molecule is CC(C)(O)CCNC(=O)c1cnc(Nc2ccc3ncsc3c2)cc1NC1CC1. The second kappa shape index (κ2) is 7.96. The quantitative estimate of drug-likeness (QED) is 0.449. The second-order valence-electron chi connectivity index (χ2n) is 8.01. The van der Waals surface area contributed by atoms with E-state index >= 15 is 0 Å². The average molecular weight is 412 g/mol. The van der Waals surface area contributed by atoms with Crippen molar-refractivity contribution in [3.8, 4) is 0 Å². The highest BCUT2D eigenvalue weighted by atomic mass is 32.1. The van der Waals surface area contributed by atoms with Gasteiger partial charge in [-0.2, -0.15) is 0 Å². The van der Waals surface area contributed by atoms with Gasteiger partial charge in [0, 0.05) is 30.5 Å². The zero-order valence-electron chi connectivity index (χ0n) is 16.5. The lowest BCUT2D eigenvalue weighted by atomic mass is 10.1. The lowest BCUT2D eigenvalue weighted by Crippen LogP contribution is -2.31. The topological polar surface area (TPSA) is 99.2 Å². The van der Waals surface area contributed by atoms with Crippen LogP contribution in [0.5, 0.6) is 0 Å². The smallest absolute Gasteiger partial charge is 0.254 e. The van der Waals surface area contributed by atoms with Crippen molar-refractivity contribution in [1.82, 2.24) is 15.3 Å². The predicted octanol–water partition coefficient (Wildman–Crippen LogP) is 3.90. The molecule has 1 aliphatic carbocycles. The summed E-state index contributed by atoms with van der Waals surface area (Å²) in [5, 5.41) is 19.4. The number of nitrogens with one attached hydrogen (secondary N) is 3. The van der Waals surface area contributed by atoms with Gasteiger partial charge in [0.05, 0.1) is 32.6 Å². The monoisotopic (exact) mass is 411 g/mol. The molecule has 8 heteroatoms. The number of aromatic nitrogens is 2. The maximum Gasteiger partial charge on any atom is 0.254 e. The van der Waals surface area contributed by atoms with Crippen LogP contribution in [0.1, 0.15) is 43.5 Å². The number of nitrogens with zero attached hydrogens (tertiary/aromatic N) is 2. The molecule has 0 bridgehead atoms. The molecule has 2 aromatic heterocycles. The fourth-order valence-electron chi connectivity index (χ4n) is 2.93. The molecule has 7 nitrogen and oxygen atoms in total. The van der Waals surface area contributed by atoms with E-state index < -0.39 is 5.60 Å². The van der Waals surface area contributed by atoms with Gasteiger partial charge in [-0.25, -0.2) is 9.97 Å². The Balaban J connectivity index is 1.51. The van der Waals surface area contributed by atoms with E-state index in [0.29, 0.717) is 30.4 Å². The molecule has 0 unspecified atom stereocenters. The number of rotatable bonds is 8. The van der Waals surface area contributed by atoms with Crippen LogP contribution in [0.25, 0.3) is 10.2 Å².